The molecule has 0 aliphatic heterocycles. The van der Waals surface area contributed by atoms with Gasteiger partial charge in [0.1, 0.15) is 11.7 Å². The number of allylic oxidation sites excluding steroid dienone is 2. The third kappa shape index (κ3) is 8.00. The summed E-state index contributed by atoms with van der Waals surface area (Å²) in [5.41, 5.74) is 0.332. The molecule has 2 fully saturated rings. The van der Waals surface area contributed by atoms with Crippen LogP contribution in [0.4, 0.5) is 8.78 Å². The molecule has 1 N–H and O–H groups in total. The lowest BCUT2D eigenvalue weighted by Crippen LogP contribution is -2.29. The van der Waals surface area contributed by atoms with E-state index in [2.05, 4.69) is 13.5 Å². The van der Waals surface area contributed by atoms with Gasteiger partial charge in [0.05, 0.1) is 6.61 Å². The smallest absolute Gasteiger partial charge is 0.333 e. The first-order valence-electron chi connectivity index (χ1n) is 12.4. The average Bonchev–Trinajstić information content (AvgIpc) is 2.79. The molecule has 0 saturated heterocycles. The Balaban J connectivity index is 1.80. The molecule has 2 aliphatic carbocycles. The van der Waals surface area contributed by atoms with Gasteiger partial charge in [0.2, 0.25) is 0 Å². The van der Waals surface area contributed by atoms with Gasteiger partial charge >= 0.3 is 5.97 Å². The molecule has 0 bridgehead atoms. The predicted octanol–water partition coefficient (Wildman–Crippen LogP) is 7.06. The van der Waals surface area contributed by atoms with Crippen molar-refractivity contribution in [2.24, 2.45) is 29.6 Å². The number of aliphatic hydroxyl groups excluding tert-OH is 1. The largest absolute Gasteiger partial charge is 0.462 e. The van der Waals surface area contributed by atoms with Crippen LogP contribution in [-0.2, 0) is 9.53 Å². The Bertz CT molecular complexity index is 600. The zero-order valence-electron chi connectivity index (χ0n) is 19.5. The number of halogens is 2. The fourth-order valence-corrected chi connectivity index (χ4v) is 5.27. The number of hydrogen-bond donors (Lipinski definition) is 1. The third-order valence-corrected chi connectivity index (χ3v) is 7.46. The minimum atomic E-state index is -0.526. The van der Waals surface area contributed by atoms with E-state index in [1.165, 1.54) is 25.7 Å². The summed E-state index contributed by atoms with van der Waals surface area (Å²) in [6.07, 6.45) is 11.1. The van der Waals surface area contributed by atoms with Crippen molar-refractivity contribution in [3.8, 4) is 0 Å². The molecule has 0 radical (unpaired) electrons. The summed E-state index contributed by atoms with van der Waals surface area (Å²) in [7, 11) is 0. The number of ether oxygens (including phenoxy) is 1. The first-order chi connectivity index (χ1) is 14.9. The van der Waals surface area contributed by atoms with E-state index >= 15 is 0 Å². The number of rotatable bonds is 11. The van der Waals surface area contributed by atoms with Gasteiger partial charge < -0.3 is 9.84 Å². The van der Waals surface area contributed by atoms with Crippen molar-refractivity contribution in [3.05, 3.63) is 23.8 Å². The Hall–Kier alpha value is -1.23. The lowest BCUT2D eigenvalue weighted by Gasteiger charge is -2.33. The second-order valence-corrected chi connectivity index (χ2v) is 9.84. The van der Waals surface area contributed by atoms with Crippen LogP contribution in [0.15, 0.2) is 23.8 Å². The highest BCUT2D eigenvalue weighted by molar-refractivity contribution is 5.86. The summed E-state index contributed by atoms with van der Waals surface area (Å²) in [5, 5.41) is 9.70. The van der Waals surface area contributed by atoms with Gasteiger partial charge in [0.25, 0.3) is 0 Å². The summed E-state index contributed by atoms with van der Waals surface area (Å²) < 4.78 is 35.0. The van der Waals surface area contributed by atoms with E-state index in [0.29, 0.717) is 37.2 Å². The molecule has 0 aromatic carbocycles. The van der Waals surface area contributed by atoms with Crippen LogP contribution in [0.3, 0.4) is 0 Å². The summed E-state index contributed by atoms with van der Waals surface area (Å²) in [6, 6.07) is 0. The van der Waals surface area contributed by atoms with Gasteiger partial charge in [-0.15, -0.1) is 0 Å². The number of carbonyl (C=O) groups is 1. The maximum Gasteiger partial charge on any atom is 0.333 e. The Kier molecular flexibility index (Phi) is 11.2. The van der Waals surface area contributed by atoms with Crippen LogP contribution < -0.4 is 0 Å². The van der Waals surface area contributed by atoms with Crippen molar-refractivity contribution in [3.63, 3.8) is 0 Å². The number of unbranched alkanes of at least 4 members (excludes halogenated alkanes) is 2. The fourth-order valence-electron chi connectivity index (χ4n) is 5.27. The lowest BCUT2D eigenvalue weighted by molar-refractivity contribution is -0.141. The van der Waals surface area contributed by atoms with E-state index in [4.69, 9.17) is 4.74 Å². The molecular formula is C26H42F2O3. The van der Waals surface area contributed by atoms with Crippen molar-refractivity contribution >= 4 is 5.97 Å². The second-order valence-electron chi connectivity index (χ2n) is 9.84. The molecule has 0 aromatic rings. The quantitative estimate of drug-likeness (QED) is 0.212. The number of esters is 1. The topological polar surface area (TPSA) is 46.5 Å². The van der Waals surface area contributed by atoms with Crippen LogP contribution >= 0.6 is 0 Å². The SMILES string of the molecule is C=C(C)C(=O)OCC(CO)C1CCC(/C(F)=C(\F)C2CCC(CCCCC)CC2)CC1. The van der Waals surface area contributed by atoms with Gasteiger partial charge in [-0.25, -0.2) is 13.6 Å². The minimum absolute atomic E-state index is 0.0764. The van der Waals surface area contributed by atoms with Crippen LogP contribution in [0.2, 0.25) is 0 Å². The van der Waals surface area contributed by atoms with Gasteiger partial charge in [-0.05, 0) is 70.1 Å². The van der Waals surface area contributed by atoms with Crippen LogP contribution in [0.1, 0.15) is 90.9 Å². The summed E-state index contributed by atoms with van der Waals surface area (Å²) >= 11 is 0. The van der Waals surface area contributed by atoms with Crippen molar-refractivity contribution in [2.75, 3.05) is 13.2 Å². The molecule has 0 heterocycles. The molecule has 2 aliphatic rings. The maximum absolute atomic E-state index is 14.9. The maximum atomic E-state index is 14.9. The molecule has 0 spiro atoms. The van der Waals surface area contributed by atoms with Crippen LogP contribution in [-0.4, -0.2) is 24.3 Å². The van der Waals surface area contributed by atoms with Crippen LogP contribution in [0.25, 0.3) is 0 Å². The molecule has 1 atom stereocenters. The van der Waals surface area contributed by atoms with Crippen molar-refractivity contribution in [1.82, 2.24) is 0 Å². The molecule has 178 valence electrons. The molecule has 2 saturated carbocycles. The summed E-state index contributed by atoms with van der Waals surface area (Å²) in [5.74, 6) is -1.39. The number of hydrogen-bond acceptors (Lipinski definition) is 3. The molecule has 2 rings (SSSR count). The summed E-state index contributed by atoms with van der Waals surface area (Å²) in [6.45, 7) is 7.42. The highest BCUT2D eigenvalue weighted by atomic mass is 19.2. The van der Waals surface area contributed by atoms with E-state index in [1.54, 1.807) is 6.92 Å². The third-order valence-electron chi connectivity index (χ3n) is 7.46. The van der Waals surface area contributed by atoms with Crippen LogP contribution in [0, 0.1) is 29.6 Å². The molecule has 0 amide bonds. The Morgan fingerprint density at radius 2 is 1.55 bits per heavy atom. The van der Waals surface area contributed by atoms with Gasteiger partial charge in [-0.2, -0.15) is 0 Å². The molecule has 1 unspecified atom stereocenters. The monoisotopic (exact) mass is 440 g/mol. The highest BCUT2D eigenvalue weighted by Crippen LogP contribution is 2.43. The lowest BCUT2D eigenvalue weighted by atomic mass is 9.74. The van der Waals surface area contributed by atoms with Crippen molar-refractivity contribution in [2.45, 2.75) is 90.9 Å². The Labute approximate surface area is 187 Å². The van der Waals surface area contributed by atoms with Gasteiger partial charge in [0, 0.05) is 29.9 Å². The fraction of sp³-hybridized carbons (Fsp3) is 0.808. The predicted molar refractivity (Wildman–Crippen MR) is 121 cm³/mol. The van der Waals surface area contributed by atoms with E-state index in [1.807, 2.05) is 0 Å². The molecule has 0 aromatic heterocycles. The van der Waals surface area contributed by atoms with E-state index < -0.39 is 17.6 Å². The van der Waals surface area contributed by atoms with Gasteiger partial charge in [-0.3, -0.25) is 0 Å². The first-order valence-corrected chi connectivity index (χ1v) is 12.4. The normalized spacial score (nSPS) is 28.5. The molecular weight excluding hydrogens is 398 g/mol. The van der Waals surface area contributed by atoms with Gasteiger partial charge in [-0.1, -0.05) is 39.2 Å². The molecule has 3 nitrogen and oxygen atoms in total. The molecule has 5 heteroatoms. The standard InChI is InChI=1S/C26H42F2O3/c1-4-5-6-7-19-8-10-21(11-9-19)24(27)25(28)22-14-12-20(13-15-22)23(16-29)17-31-26(30)18(2)3/h19-23,29H,2,4-17H2,1,3H3/b25-24+. The zero-order chi connectivity index (χ0) is 22.8. The number of aliphatic hydroxyl groups is 1. The van der Waals surface area contributed by atoms with Gasteiger partial charge in [0.15, 0.2) is 0 Å². The van der Waals surface area contributed by atoms with E-state index in [9.17, 15) is 18.7 Å². The number of carbonyl (C=O) groups excluding carboxylic acids is 1. The highest BCUT2D eigenvalue weighted by Gasteiger charge is 2.33. The second kappa shape index (κ2) is 13.3. The Morgan fingerprint density at radius 1 is 1.00 bits per heavy atom. The zero-order valence-corrected chi connectivity index (χ0v) is 19.5. The van der Waals surface area contributed by atoms with Crippen molar-refractivity contribution < 1.29 is 23.4 Å². The first kappa shape index (κ1) is 26.0. The Morgan fingerprint density at radius 3 is 2.03 bits per heavy atom. The van der Waals surface area contributed by atoms with Crippen molar-refractivity contribution in [1.29, 1.82) is 0 Å². The average molecular weight is 441 g/mol. The molecule has 31 heavy (non-hydrogen) atoms. The minimum Gasteiger partial charge on any atom is -0.462 e. The summed E-state index contributed by atoms with van der Waals surface area (Å²) in [4.78, 5) is 11.6. The van der Waals surface area contributed by atoms with Crippen LogP contribution in [0.5, 0.6) is 0 Å². The van der Waals surface area contributed by atoms with E-state index in [0.717, 1.165) is 25.7 Å². The van der Waals surface area contributed by atoms with E-state index in [-0.39, 0.29) is 36.9 Å².